The Balaban J connectivity index is 2.23. The molecular formula is C15H23BrN2. The number of aryl methyl sites for hydroxylation is 1. The molecule has 1 heterocycles. The zero-order valence-electron chi connectivity index (χ0n) is 11.8. The van der Waals surface area contributed by atoms with E-state index in [-0.39, 0.29) is 0 Å². The summed E-state index contributed by atoms with van der Waals surface area (Å²) in [6.07, 6.45) is 0. The normalized spacial score (nSPS) is 24.0. The minimum Gasteiger partial charge on any atom is -0.369 e. The molecule has 2 atom stereocenters. The van der Waals surface area contributed by atoms with Gasteiger partial charge in [-0.15, -0.1) is 0 Å². The zero-order valence-corrected chi connectivity index (χ0v) is 13.4. The van der Waals surface area contributed by atoms with E-state index in [1.54, 1.807) is 0 Å². The molecular weight excluding hydrogens is 288 g/mol. The van der Waals surface area contributed by atoms with E-state index < -0.39 is 0 Å². The molecule has 0 saturated carbocycles. The van der Waals surface area contributed by atoms with E-state index in [4.69, 9.17) is 0 Å². The molecule has 3 heteroatoms. The number of nitrogens with zero attached hydrogens (tertiary/aromatic N) is 2. The van der Waals surface area contributed by atoms with Crippen molar-refractivity contribution in [3.05, 3.63) is 29.3 Å². The lowest BCUT2D eigenvalue weighted by Gasteiger charge is -2.24. The standard InChI is InChI=1S/C15H23BrN2/c1-11-5-6-14(13(7-11)8-16)18-9-12(2)15(10-18)17(3)4/h5-7,12,15H,8-10H2,1-4H3. The van der Waals surface area contributed by atoms with E-state index in [0.29, 0.717) is 6.04 Å². The van der Waals surface area contributed by atoms with Crippen LogP contribution in [0.4, 0.5) is 5.69 Å². The Labute approximate surface area is 119 Å². The van der Waals surface area contributed by atoms with E-state index in [0.717, 1.165) is 24.3 Å². The summed E-state index contributed by atoms with van der Waals surface area (Å²) in [6, 6.07) is 7.44. The Morgan fingerprint density at radius 1 is 1.33 bits per heavy atom. The first-order valence-corrected chi connectivity index (χ1v) is 7.72. The van der Waals surface area contributed by atoms with Gasteiger partial charge in [0.2, 0.25) is 0 Å². The van der Waals surface area contributed by atoms with Gasteiger partial charge in [-0.25, -0.2) is 0 Å². The lowest BCUT2D eigenvalue weighted by molar-refractivity contribution is 0.266. The highest BCUT2D eigenvalue weighted by molar-refractivity contribution is 9.08. The van der Waals surface area contributed by atoms with Crippen LogP contribution in [0.5, 0.6) is 0 Å². The molecule has 0 spiro atoms. The van der Waals surface area contributed by atoms with Gasteiger partial charge in [0.1, 0.15) is 0 Å². The molecule has 1 aromatic carbocycles. The number of alkyl halides is 1. The van der Waals surface area contributed by atoms with Crippen molar-refractivity contribution in [3.8, 4) is 0 Å². The third-order valence-corrected chi connectivity index (χ3v) is 4.56. The van der Waals surface area contributed by atoms with Crippen molar-refractivity contribution in [2.45, 2.75) is 25.2 Å². The first-order valence-electron chi connectivity index (χ1n) is 6.59. The van der Waals surface area contributed by atoms with Crippen molar-refractivity contribution >= 4 is 21.6 Å². The third kappa shape index (κ3) is 2.72. The van der Waals surface area contributed by atoms with Crippen LogP contribution < -0.4 is 4.90 Å². The zero-order chi connectivity index (χ0) is 13.3. The highest BCUT2D eigenvalue weighted by Gasteiger charge is 2.31. The summed E-state index contributed by atoms with van der Waals surface area (Å²) in [5, 5.41) is 0.932. The number of anilines is 1. The number of hydrogen-bond acceptors (Lipinski definition) is 2. The van der Waals surface area contributed by atoms with Crippen LogP contribution in [0, 0.1) is 12.8 Å². The van der Waals surface area contributed by atoms with Crippen LogP contribution >= 0.6 is 15.9 Å². The molecule has 2 rings (SSSR count). The second kappa shape index (κ2) is 5.62. The quantitative estimate of drug-likeness (QED) is 0.791. The number of likely N-dealkylation sites (N-methyl/N-ethyl adjacent to an activating group) is 1. The Bertz CT molecular complexity index is 417. The van der Waals surface area contributed by atoms with E-state index >= 15 is 0 Å². The van der Waals surface area contributed by atoms with Gasteiger partial charge in [-0.2, -0.15) is 0 Å². The summed E-state index contributed by atoms with van der Waals surface area (Å²) in [7, 11) is 4.37. The maximum Gasteiger partial charge on any atom is 0.0408 e. The van der Waals surface area contributed by atoms with Crippen LogP contribution in [-0.2, 0) is 5.33 Å². The predicted octanol–water partition coefficient (Wildman–Crippen LogP) is 3.28. The Hall–Kier alpha value is -0.540. The molecule has 1 saturated heterocycles. The van der Waals surface area contributed by atoms with Crippen molar-refractivity contribution < 1.29 is 0 Å². The second-order valence-corrected chi connectivity index (χ2v) is 6.24. The van der Waals surface area contributed by atoms with Gasteiger partial charge in [0.25, 0.3) is 0 Å². The molecule has 0 amide bonds. The smallest absolute Gasteiger partial charge is 0.0408 e. The molecule has 0 bridgehead atoms. The molecule has 2 nitrogen and oxygen atoms in total. The fraction of sp³-hybridized carbons (Fsp3) is 0.600. The number of halogens is 1. The average molecular weight is 311 g/mol. The highest BCUT2D eigenvalue weighted by Crippen LogP contribution is 2.30. The molecule has 0 N–H and O–H groups in total. The van der Waals surface area contributed by atoms with Gasteiger partial charge >= 0.3 is 0 Å². The molecule has 0 aromatic heterocycles. The van der Waals surface area contributed by atoms with Crippen molar-refractivity contribution in [2.24, 2.45) is 5.92 Å². The maximum absolute atomic E-state index is 3.61. The molecule has 2 unspecified atom stereocenters. The van der Waals surface area contributed by atoms with Crippen LogP contribution in [0.2, 0.25) is 0 Å². The van der Waals surface area contributed by atoms with Crippen LogP contribution in [0.25, 0.3) is 0 Å². The Kier molecular flexibility index (Phi) is 4.33. The van der Waals surface area contributed by atoms with Gasteiger partial charge in [-0.1, -0.05) is 40.5 Å². The van der Waals surface area contributed by atoms with Crippen LogP contribution in [-0.4, -0.2) is 38.1 Å². The van der Waals surface area contributed by atoms with Gasteiger partial charge in [-0.05, 0) is 38.6 Å². The fourth-order valence-electron chi connectivity index (χ4n) is 2.95. The van der Waals surface area contributed by atoms with Gasteiger partial charge in [0.15, 0.2) is 0 Å². The van der Waals surface area contributed by atoms with E-state index in [1.807, 2.05) is 0 Å². The molecule has 1 aliphatic heterocycles. The molecule has 18 heavy (non-hydrogen) atoms. The SMILES string of the molecule is Cc1ccc(N2CC(C)C(N(C)C)C2)c(CBr)c1. The third-order valence-electron chi connectivity index (χ3n) is 3.96. The van der Waals surface area contributed by atoms with Crippen molar-refractivity contribution in [2.75, 3.05) is 32.1 Å². The topological polar surface area (TPSA) is 6.48 Å². The Morgan fingerprint density at radius 2 is 2.06 bits per heavy atom. The van der Waals surface area contributed by atoms with Crippen LogP contribution in [0.15, 0.2) is 18.2 Å². The number of benzene rings is 1. The average Bonchev–Trinajstić information content (AvgIpc) is 2.71. The minimum atomic E-state index is 0.662. The number of hydrogen-bond donors (Lipinski definition) is 0. The Morgan fingerprint density at radius 3 is 2.61 bits per heavy atom. The molecule has 100 valence electrons. The monoisotopic (exact) mass is 310 g/mol. The van der Waals surface area contributed by atoms with Gasteiger partial charge in [0, 0.05) is 30.1 Å². The lowest BCUT2D eigenvalue weighted by atomic mass is 10.1. The summed E-state index contributed by atoms with van der Waals surface area (Å²) in [5.74, 6) is 0.726. The molecule has 1 aliphatic rings. The van der Waals surface area contributed by atoms with E-state index in [9.17, 15) is 0 Å². The molecule has 0 aliphatic carbocycles. The van der Waals surface area contributed by atoms with Gasteiger partial charge in [0.05, 0.1) is 0 Å². The van der Waals surface area contributed by atoms with Crippen LogP contribution in [0.3, 0.4) is 0 Å². The van der Waals surface area contributed by atoms with Crippen molar-refractivity contribution in [3.63, 3.8) is 0 Å². The first kappa shape index (κ1) is 13.9. The predicted molar refractivity (Wildman–Crippen MR) is 82.7 cm³/mol. The highest BCUT2D eigenvalue weighted by atomic mass is 79.9. The molecule has 0 radical (unpaired) electrons. The van der Waals surface area contributed by atoms with Gasteiger partial charge in [-0.3, -0.25) is 0 Å². The lowest BCUT2D eigenvalue weighted by Crippen LogP contribution is -2.34. The van der Waals surface area contributed by atoms with Crippen molar-refractivity contribution in [1.82, 2.24) is 4.90 Å². The summed E-state index contributed by atoms with van der Waals surface area (Å²) >= 11 is 3.61. The van der Waals surface area contributed by atoms with E-state index in [2.05, 4.69) is 71.9 Å². The summed E-state index contributed by atoms with van der Waals surface area (Å²) in [4.78, 5) is 4.89. The summed E-state index contributed by atoms with van der Waals surface area (Å²) in [5.41, 5.74) is 4.14. The molecule has 1 aromatic rings. The fourth-order valence-corrected chi connectivity index (χ4v) is 3.40. The maximum atomic E-state index is 3.61. The van der Waals surface area contributed by atoms with E-state index in [1.165, 1.54) is 16.8 Å². The molecule has 1 fully saturated rings. The second-order valence-electron chi connectivity index (χ2n) is 5.68. The first-order chi connectivity index (χ1) is 8.52. The largest absolute Gasteiger partial charge is 0.369 e. The van der Waals surface area contributed by atoms with Gasteiger partial charge < -0.3 is 9.80 Å². The summed E-state index contributed by atoms with van der Waals surface area (Å²) < 4.78 is 0. The minimum absolute atomic E-state index is 0.662. The van der Waals surface area contributed by atoms with Crippen molar-refractivity contribution in [1.29, 1.82) is 0 Å². The van der Waals surface area contributed by atoms with Crippen LogP contribution in [0.1, 0.15) is 18.1 Å². The summed E-state index contributed by atoms with van der Waals surface area (Å²) in [6.45, 7) is 6.81. The number of rotatable bonds is 3.